The number of fused-ring (bicyclic) bond motifs is 1. The summed E-state index contributed by atoms with van der Waals surface area (Å²) in [5.41, 5.74) is 9.04. The van der Waals surface area contributed by atoms with Crippen LogP contribution in [-0.2, 0) is 38.4 Å². The average molecular weight is 630 g/mol. The highest BCUT2D eigenvalue weighted by molar-refractivity contribution is 5.94. The standard InChI is InChI=1S/C34H39N5O7/c1-19(2)30(33(44)38-29(34(45)46)17-22-18-36-27-6-4-3-5-25(22)27)39-32(43)28(16-21-9-13-24(41)14-10-21)37-31(42)26(35)15-20-7-11-23(40)12-8-20/h3-14,18-19,26,28-30,36,40-41H,15-17,35H2,1-2H3,(H,37,42)(H,38,44)(H,39,43)(H,45,46). The monoisotopic (exact) mass is 629 g/mol. The molecule has 4 atom stereocenters. The molecular weight excluding hydrogens is 590 g/mol. The Kier molecular flexibility index (Phi) is 11.0. The topological polar surface area (TPSA) is 207 Å². The van der Waals surface area contributed by atoms with Crippen LogP contribution in [0.1, 0.15) is 30.5 Å². The third-order valence-corrected chi connectivity index (χ3v) is 7.70. The van der Waals surface area contributed by atoms with Gasteiger partial charge < -0.3 is 42.0 Å². The number of aromatic hydroxyl groups is 2. The lowest BCUT2D eigenvalue weighted by Crippen LogP contribution is -2.59. The smallest absolute Gasteiger partial charge is 0.326 e. The van der Waals surface area contributed by atoms with Crippen molar-refractivity contribution in [1.29, 1.82) is 0 Å². The molecule has 3 amide bonds. The van der Waals surface area contributed by atoms with Gasteiger partial charge in [-0.3, -0.25) is 14.4 Å². The molecule has 0 saturated carbocycles. The van der Waals surface area contributed by atoms with E-state index >= 15 is 0 Å². The highest BCUT2D eigenvalue weighted by Gasteiger charge is 2.32. The van der Waals surface area contributed by atoms with Gasteiger partial charge in [-0.1, -0.05) is 56.3 Å². The van der Waals surface area contributed by atoms with E-state index in [2.05, 4.69) is 20.9 Å². The first-order chi connectivity index (χ1) is 21.9. The van der Waals surface area contributed by atoms with Crippen LogP contribution in [-0.4, -0.2) is 68.2 Å². The zero-order valence-electron chi connectivity index (χ0n) is 25.6. The molecule has 4 aromatic rings. The van der Waals surface area contributed by atoms with Crippen LogP contribution in [0.4, 0.5) is 0 Å². The molecule has 1 heterocycles. The normalized spacial score (nSPS) is 13.8. The molecule has 0 radical (unpaired) electrons. The number of amides is 3. The van der Waals surface area contributed by atoms with Gasteiger partial charge >= 0.3 is 5.97 Å². The maximum Gasteiger partial charge on any atom is 0.326 e. The highest BCUT2D eigenvalue weighted by atomic mass is 16.4. The summed E-state index contributed by atoms with van der Waals surface area (Å²) in [6.07, 6.45) is 1.89. The minimum atomic E-state index is -1.27. The Bertz CT molecular complexity index is 1670. The fourth-order valence-corrected chi connectivity index (χ4v) is 5.11. The Morgan fingerprint density at radius 1 is 0.717 bits per heavy atom. The number of hydrogen-bond acceptors (Lipinski definition) is 7. The van der Waals surface area contributed by atoms with Gasteiger partial charge in [0, 0.05) is 29.9 Å². The number of phenolic OH excluding ortho intramolecular Hbond substituents is 2. The van der Waals surface area contributed by atoms with Crippen molar-refractivity contribution in [3.05, 3.63) is 95.7 Å². The molecule has 9 N–H and O–H groups in total. The Labute approximate surface area is 266 Å². The first-order valence-electron chi connectivity index (χ1n) is 14.9. The zero-order valence-corrected chi connectivity index (χ0v) is 25.6. The molecule has 0 fully saturated rings. The Balaban J connectivity index is 1.48. The summed E-state index contributed by atoms with van der Waals surface area (Å²) >= 11 is 0. The van der Waals surface area contributed by atoms with E-state index in [0.717, 1.165) is 10.9 Å². The third-order valence-electron chi connectivity index (χ3n) is 7.70. The highest BCUT2D eigenvalue weighted by Crippen LogP contribution is 2.20. The van der Waals surface area contributed by atoms with Crippen molar-refractivity contribution in [3.8, 4) is 11.5 Å². The number of carbonyl (C=O) groups excluding carboxylic acids is 3. The summed E-state index contributed by atoms with van der Waals surface area (Å²) in [7, 11) is 0. The molecule has 1 aromatic heterocycles. The van der Waals surface area contributed by atoms with Gasteiger partial charge in [-0.2, -0.15) is 0 Å². The molecule has 12 nitrogen and oxygen atoms in total. The van der Waals surface area contributed by atoms with E-state index in [1.807, 2.05) is 24.3 Å². The molecule has 0 bridgehead atoms. The quantitative estimate of drug-likeness (QED) is 0.103. The van der Waals surface area contributed by atoms with Gasteiger partial charge in [0.05, 0.1) is 6.04 Å². The number of nitrogens with two attached hydrogens (primary N) is 1. The summed E-state index contributed by atoms with van der Waals surface area (Å²) in [5.74, 6) is -3.53. The molecule has 0 aliphatic rings. The molecule has 242 valence electrons. The summed E-state index contributed by atoms with van der Waals surface area (Å²) < 4.78 is 0. The SMILES string of the molecule is CC(C)C(NC(=O)C(Cc1ccc(O)cc1)NC(=O)C(N)Cc1ccc(O)cc1)C(=O)NC(Cc1c[nH]c2ccccc12)C(=O)O. The number of H-pyrrole nitrogens is 1. The Hall–Kier alpha value is -5.36. The molecule has 0 spiro atoms. The van der Waals surface area contributed by atoms with Gasteiger partial charge in [0.15, 0.2) is 0 Å². The van der Waals surface area contributed by atoms with E-state index < -0.39 is 53.8 Å². The van der Waals surface area contributed by atoms with Gasteiger partial charge in [0.25, 0.3) is 0 Å². The Morgan fingerprint density at radius 2 is 1.28 bits per heavy atom. The minimum absolute atomic E-state index is 0.0162. The number of carbonyl (C=O) groups is 4. The van der Waals surface area contributed by atoms with Gasteiger partial charge in [0.2, 0.25) is 17.7 Å². The van der Waals surface area contributed by atoms with Crippen molar-refractivity contribution in [1.82, 2.24) is 20.9 Å². The lowest BCUT2D eigenvalue weighted by Gasteiger charge is -2.27. The van der Waals surface area contributed by atoms with E-state index in [-0.39, 0.29) is 30.8 Å². The summed E-state index contributed by atoms with van der Waals surface area (Å²) in [5, 5.41) is 37.9. The van der Waals surface area contributed by atoms with Crippen molar-refractivity contribution in [2.45, 2.75) is 57.3 Å². The molecule has 0 saturated heterocycles. The van der Waals surface area contributed by atoms with Crippen molar-refractivity contribution in [2.24, 2.45) is 11.7 Å². The number of aromatic amines is 1. The van der Waals surface area contributed by atoms with E-state index in [1.54, 1.807) is 44.3 Å². The lowest BCUT2D eigenvalue weighted by atomic mass is 9.99. The predicted molar refractivity (Wildman–Crippen MR) is 172 cm³/mol. The van der Waals surface area contributed by atoms with Gasteiger partial charge in [0.1, 0.15) is 29.6 Å². The van der Waals surface area contributed by atoms with Crippen LogP contribution >= 0.6 is 0 Å². The number of hydrogen-bond donors (Lipinski definition) is 8. The third kappa shape index (κ3) is 8.85. The van der Waals surface area contributed by atoms with E-state index in [0.29, 0.717) is 16.7 Å². The number of para-hydroxylation sites is 1. The van der Waals surface area contributed by atoms with Crippen LogP contribution in [0.5, 0.6) is 11.5 Å². The fraction of sp³-hybridized carbons (Fsp3) is 0.294. The van der Waals surface area contributed by atoms with Crippen molar-refractivity contribution < 1.29 is 34.5 Å². The number of carboxylic acid groups (broad SMARTS) is 1. The van der Waals surface area contributed by atoms with Gasteiger partial charge in [-0.15, -0.1) is 0 Å². The first kappa shape index (κ1) is 33.5. The van der Waals surface area contributed by atoms with Crippen molar-refractivity contribution in [3.63, 3.8) is 0 Å². The predicted octanol–water partition coefficient (Wildman–Crippen LogP) is 2.13. The number of aromatic nitrogens is 1. The number of nitrogens with one attached hydrogen (secondary N) is 4. The van der Waals surface area contributed by atoms with Crippen molar-refractivity contribution in [2.75, 3.05) is 0 Å². The van der Waals surface area contributed by atoms with Crippen LogP contribution in [0.2, 0.25) is 0 Å². The van der Waals surface area contributed by atoms with Crippen LogP contribution in [0, 0.1) is 5.92 Å². The second kappa shape index (κ2) is 15.1. The van der Waals surface area contributed by atoms with Crippen LogP contribution in [0.3, 0.4) is 0 Å². The Morgan fingerprint density at radius 3 is 1.87 bits per heavy atom. The van der Waals surface area contributed by atoms with E-state index in [9.17, 15) is 34.5 Å². The average Bonchev–Trinajstić information content (AvgIpc) is 3.43. The number of benzene rings is 3. The summed E-state index contributed by atoms with van der Waals surface area (Å²) in [4.78, 5) is 55.5. The maximum absolute atomic E-state index is 13.7. The zero-order chi connectivity index (χ0) is 33.4. The van der Waals surface area contributed by atoms with Crippen molar-refractivity contribution >= 4 is 34.6 Å². The van der Waals surface area contributed by atoms with E-state index in [1.165, 1.54) is 24.3 Å². The van der Waals surface area contributed by atoms with Gasteiger partial charge in [-0.25, -0.2) is 4.79 Å². The first-order valence-corrected chi connectivity index (χ1v) is 14.9. The largest absolute Gasteiger partial charge is 0.508 e. The maximum atomic E-state index is 13.7. The molecule has 0 aliphatic carbocycles. The van der Waals surface area contributed by atoms with Crippen LogP contribution < -0.4 is 21.7 Å². The molecule has 4 rings (SSSR count). The van der Waals surface area contributed by atoms with E-state index in [4.69, 9.17) is 5.73 Å². The van der Waals surface area contributed by atoms with Gasteiger partial charge in [-0.05, 0) is 59.4 Å². The molecular formula is C34H39N5O7. The van der Waals surface area contributed by atoms with Crippen LogP contribution in [0.25, 0.3) is 10.9 Å². The minimum Gasteiger partial charge on any atom is -0.508 e. The molecule has 4 unspecified atom stereocenters. The number of carboxylic acids is 1. The second-order valence-corrected chi connectivity index (χ2v) is 11.6. The van der Waals surface area contributed by atoms with Crippen LogP contribution in [0.15, 0.2) is 79.0 Å². The summed E-state index contributed by atoms with van der Waals surface area (Å²) in [6.45, 7) is 3.42. The summed E-state index contributed by atoms with van der Waals surface area (Å²) in [6, 6.07) is 15.2. The number of aliphatic carboxylic acids is 1. The molecule has 3 aromatic carbocycles. The fourth-order valence-electron chi connectivity index (χ4n) is 5.11. The number of phenols is 2. The second-order valence-electron chi connectivity index (χ2n) is 11.6. The number of rotatable bonds is 14. The molecule has 46 heavy (non-hydrogen) atoms. The molecule has 12 heteroatoms. The lowest BCUT2D eigenvalue weighted by molar-refractivity contribution is -0.142. The molecule has 0 aliphatic heterocycles.